The molecule has 0 unspecified atom stereocenters. The monoisotopic (exact) mass is 232 g/mol. The van der Waals surface area contributed by atoms with Gasteiger partial charge >= 0.3 is 0 Å². The first-order chi connectivity index (χ1) is 8.15. The Morgan fingerprint density at radius 2 is 2.00 bits per heavy atom. The highest BCUT2D eigenvalue weighted by atomic mass is 16.5. The topological polar surface area (TPSA) is 66.0 Å². The molecule has 1 aromatic heterocycles. The largest absolute Gasteiger partial charge is 0.493 e. The van der Waals surface area contributed by atoms with Crippen molar-refractivity contribution < 1.29 is 4.74 Å². The van der Waals surface area contributed by atoms with Gasteiger partial charge in [0.25, 0.3) is 0 Å². The van der Waals surface area contributed by atoms with Gasteiger partial charge in [-0.15, -0.1) is 0 Å². The molecule has 2 aromatic rings. The number of aromatic nitrogens is 3. The zero-order valence-electron chi connectivity index (χ0n) is 10.1. The van der Waals surface area contributed by atoms with E-state index >= 15 is 0 Å². The maximum Gasteiger partial charge on any atom is 0.154 e. The molecule has 0 saturated heterocycles. The second-order valence-corrected chi connectivity index (χ2v) is 3.87. The van der Waals surface area contributed by atoms with E-state index in [0.29, 0.717) is 13.0 Å². The molecule has 5 heteroatoms. The molecule has 1 aromatic carbocycles. The highest BCUT2D eigenvalue weighted by Crippen LogP contribution is 2.13. The molecular formula is C12H16N4O. The van der Waals surface area contributed by atoms with Gasteiger partial charge in [0.05, 0.1) is 6.61 Å². The fourth-order valence-corrected chi connectivity index (χ4v) is 1.46. The predicted molar refractivity (Wildman–Crippen MR) is 65.8 cm³/mol. The summed E-state index contributed by atoms with van der Waals surface area (Å²) in [6.45, 7) is 2.49. The van der Waals surface area contributed by atoms with Crippen molar-refractivity contribution in [2.45, 2.75) is 13.3 Å². The molecule has 0 atom stereocenters. The summed E-state index contributed by atoms with van der Waals surface area (Å²) in [5.74, 6) is 2.53. The van der Waals surface area contributed by atoms with Gasteiger partial charge in [-0.1, -0.05) is 0 Å². The van der Waals surface area contributed by atoms with E-state index in [0.717, 1.165) is 23.1 Å². The number of benzene rings is 1. The third kappa shape index (κ3) is 2.96. The lowest BCUT2D eigenvalue weighted by Crippen LogP contribution is -2.03. The lowest BCUT2D eigenvalue weighted by atomic mass is 10.3. The average Bonchev–Trinajstić information content (AvgIpc) is 2.61. The number of nitrogen functional groups attached to an aromatic ring is 1. The lowest BCUT2D eigenvalue weighted by molar-refractivity contribution is 0.319. The van der Waals surface area contributed by atoms with E-state index in [-0.39, 0.29) is 0 Å². The highest BCUT2D eigenvalue weighted by Gasteiger charge is 2.03. The van der Waals surface area contributed by atoms with E-state index in [9.17, 15) is 0 Å². The summed E-state index contributed by atoms with van der Waals surface area (Å²) in [4.78, 5) is 4.31. The van der Waals surface area contributed by atoms with Gasteiger partial charge in [-0.05, 0) is 31.2 Å². The van der Waals surface area contributed by atoms with Gasteiger partial charge < -0.3 is 10.5 Å². The van der Waals surface area contributed by atoms with Crippen LogP contribution in [0.3, 0.4) is 0 Å². The minimum Gasteiger partial charge on any atom is -0.493 e. The Labute approximate surface area is 100 Å². The first kappa shape index (κ1) is 11.4. The normalized spacial score (nSPS) is 10.5. The highest BCUT2D eigenvalue weighted by molar-refractivity contribution is 5.41. The molecule has 1 heterocycles. The predicted octanol–water partition coefficient (Wildman–Crippen LogP) is 1.33. The summed E-state index contributed by atoms with van der Waals surface area (Å²) in [6, 6.07) is 7.34. The molecule has 0 aliphatic carbocycles. The Balaban J connectivity index is 1.85. The molecule has 0 fully saturated rings. The van der Waals surface area contributed by atoms with Gasteiger partial charge in [0, 0.05) is 19.2 Å². The van der Waals surface area contributed by atoms with Crippen LogP contribution in [-0.4, -0.2) is 21.4 Å². The Bertz CT molecular complexity index is 470. The zero-order chi connectivity index (χ0) is 12.3. The van der Waals surface area contributed by atoms with Gasteiger partial charge in [0.2, 0.25) is 0 Å². The molecule has 17 heavy (non-hydrogen) atoms. The van der Waals surface area contributed by atoms with E-state index in [2.05, 4.69) is 10.1 Å². The van der Waals surface area contributed by atoms with Crippen molar-refractivity contribution in [2.24, 2.45) is 7.05 Å². The smallest absolute Gasteiger partial charge is 0.154 e. The number of aryl methyl sites for hydroxylation is 2. The summed E-state index contributed by atoms with van der Waals surface area (Å²) in [7, 11) is 1.88. The van der Waals surface area contributed by atoms with Crippen molar-refractivity contribution in [1.29, 1.82) is 0 Å². The van der Waals surface area contributed by atoms with Crippen LogP contribution in [0, 0.1) is 6.92 Å². The standard InChI is InChI=1S/C12H16N4O/c1-9-14-12(15-16(9)2)7-8-17-11-5-3-10(13)4-6-11/h3-6H,7-8,13H2,1-2H3. The molecule has 0 spiro atoms. The van der Waals surface area contributed by atoms with Crippen LogP contribution in [0.15, 0.2) is 24.3 Å². The van der Waals surface area contributed by atoms with Crippen LogP contribution >= 0.6 is 0 Å². The van der Waals surface area contributed by atoms with Crippen LogP contribution < -0.4 is 10.5 Å². The molecule has 0 saturated carbocycles. The van der Waals surface area contributed by atoms with E-state index in [4.69, 9.17) is 10.5 Å². The van der Waals surface area contributed by atoms with Crippen molar-refractivity contribution in [3.8, 4) is 5.75 Å². The van der Waals surface area contributed by atoms with Gasteiger partial charge in [0.1, 0.15) is 11.6 Å². The Hall–Kier alpha value is -2.04. The maximum absolute atomic E-state index is 5.59. The third-order valence-electron chi connectivity index (χ3n) is 2.50. The molecule has 0 aliphatic rings. The fraction of sp³-hybridized carbons (Fsp3) is 0.333. The molecule has 90 valence electrons. The first-order valence-corrected chi connectivity index (χ1v) is 5.50. The second kappa shape index (κ2) is 4.86. The molecule has 0 bridgehead atoms. The minimum atomic E-state index is 0.563. The lowest BCUT2D eigenvalue weighted by Gasteiger charge is -2.04. The molecule has 2 rings (SSSR count). The molecule has 5 nitrogen and oxygen atoms in total. The Kier molecular flexibility index (Phi) is 3.27. The molecule has 0 radical (unpaired) electrons. The van der Waals surface area contributed by atoms with E-state index in [1.807, 2.05) is 38.2 Å². The van der Waals surface area contributed by atoms with Crippen LogP contribution in [0.25, 0.3) is 0 Å². The molecular weight excluding hydrogens is 216 g/mol. The quantitative estimate of drug-likeness (QED) is 0.807. The zero-order valence-corrected chi connectivity index (χ0v) is 10.1. The number of anilines is 1. The van der Waals surface area contributed by atoms with Crippen LogP contribution in [-0.2, 0) is 13.5 Å². The first-order valence-electron chi connectivity index (χ1n) is 5.50. The summed E-state index contributed by atoms with van der Waals surface area (Å²) in [5, 5.41) is 4.26. The average molecular weight is 232 g/mol. The number of ether oxygens (including phenoxy) is 1. The number of hydrogen-bond acceptors (Lipinski definition) is 4. The van der Waals surface area contributed by atoms with Gasteiger partial charge in [0.15, 0.2) is 5.82 Å². The van der Waals surface area contributed by atoms with E-state index < -0.39 is 0 Å². The van der Waals surface area contributed by atoms with Crippen LogP contribution in [0.4, 0.5) is 5.69 Å². The summed E-state index contributed by atoms with van der Waals surface area (Å²) >= 11 is 0. The van der Waals surface area contributed by atoms with Crippen LogP contribution in [0.5, 0.6) is 5.75 Å². The number of hydrogen-bond donors (Lipinski definition) is 1. The maximum atomic E-state index is 5.59. The van der Waals surface area contributed by atoms with Gasteiger partial charge in [-0.2, -0.15) is 5.10 Å². The van der Waals surface area contributed by atoms with E-state index in [1.165, 1.54) is 0 Å². The van der Waals surface area contributed by atoms with Gasteiger partial charge in [-0.3, -0.25) is 4.68 Å². The molecule has 0 aliphatic heterocycles. The van der Waals surface area contributed by atoms with Crippen molar-refractivity contribution in [2.75, 3.05) is 12.3 Å². The van der Waals surface area contributed by atoms with E-state index in [1.54, 1.807) is 4.68 Å². The number of rotatable bonds is 4. The second-order valence-electron chi connectivity index (χ2n) is 3.87. The molecule has 2 N–H and O–H groups in total. The van der Waals surface area contributed by atoms with Crippen LogP contribution in [0.1, 0.15) is 11.6 Å². The SMILES string of the molecule is Cc1nc(CCOc2ccc(N)cc2)nn1C. The van der Waals surface area contributed by atoms with Crippen LogP contribution in [0.2, 0.25) is 0 Å². The van der Waals surface area contributed by atoms with Crippen molar-refractivity contribution in [3.63, 3.8) is 0 Å². The fourth-order valence-electron chi connectivity index (χ4n) is 1.46. The molecule has 0 amide bonds. The number of nitrogens with zero attached hydrogens (tertiary/aromatic N) is 3. The Morgan fingerprint density at radius 3 is 2.59 bits per heavy atom. The van der Waals surface area contributed by atoms with Crippen molar-refractivity contribution >= 4 is 5.69 Å². The summed E-state index contributed by atoms with van der Waals surface area (Å²) in [5.41, 5.74) is 6.32. The summed E-state index contributed by atoms with van der Waals surface area (Å²) in [6.07, 6.45) is 0.700. The van der Waals surface area contributed by atoms with Gasteiger partial charge in [-0.25, -0.2) is 4.98 Å². The third-order valence-corrected chi connectivity index (χ3v) is 2.50. The van der Waals surface area contributed by atoms with Crippen molar-refractivity contribution in [1.82, 2.24) is 14.8 Å². The summed E-state index contributed by atoms with van der Waals surface area (Å²) < 4.78 is 7.33. The Morgan fingerprint density at radius 1 is 1.29 bits per heavy atom. The minimum absolute atomic E-state index is 0.563. The van der Waals surface area contributed by atoms with Crippen molar-refractivity contribution in [3.05, 3.63) is 35.9 Å². The number of nitrogens with two attached hydrogens (primary N) is 1.